The first-order chi connectivity index (χ1) is 9.69. The number of aromatic nitrogens is 2. The summed E-state index contributed by atoms with van der Waals surface area (Å²) in [7, 11) is 1.61. The van der Waals surface area contributed by atoms with Crippen molar-refractivity contribution in [2.45, 2.75) is 19.8 Å². The molecule has 0 saturated carbocycles. The molecule has 1 aromatic carbocycles. The third kappa shape index (κ3) is 4.03. The monoisotopic (exact) mass is 291 g/mol. The Kier molecular flexibility index (Phi) is 5.06. The number of aryl methyl sites for hydroxylation is 1. The Morgan fingerprint density at radius 1 is 1.35 bits per heavy atom. The fourth-order valence-corrected chi connectivity index (χ4v) is 2.54. The van der Waals surface area contributed by atoms with E-state index in [1.54, 1.807) is 18.4 Å². The zero-order valence-electron chi connectivity index (χ0n) is 11.5. The van der Waals surface area contributed by atoms with Crippen LogP contribution in [0.3, 0.4) is 0 Å². The molecule has 20 heavy (non-hydrogen) atoms. The minimum Gasteiger partial charge on any atom is -0.496 e. The van der Waals surface area contributed by atoms with E-state index in [2.05, 4.69) is 15.5 Å². The van der Waals surface area contributed by atoms with Gasteiger partial charge in [0.25, 0.3) is 0 Å². The largest absolute Gasteiger partial charge is 0.496 e. The molecule has 2 aromatic rings. The van der Waals surface area contributed by atoms with Gasteiger partial charge in [0.15, 0.2) is 0 Å². The van der Waals surface area contributed by atoms with Crippen LogP contribution in [0, 0.1) is 6.92 Å². The number of nitrogens with one attached hydrogen (secondary N) is 1. The van der Waals surface area contributed by atoms with Gasteiger partial charge in [-0.3, -0.25) is 4.79 Å². The molecule has 5 nitrogen and oxygen atoms in total. The number of carbonyl (C=O) groups excluding carboxylic acids is 1. The van der Waals surface area contributed by atoms with Gasteiger partial charge in [-0.2, -0.15) is 0 Å². The molecule has 1 heterocycles. The van der Waals surface area contributed by atoms with Crippen LogP contribution in [0.4, 0.5) is 0 Å². The molecule has 0 saturated heterocycles. The lowest BCUT2D eigenvalue weighted by molar-refractivity contribution is -0.120. The van der Waals surface area contributed by atoms with Crippen molar-refractivity contribution in [1.29, 1.82) is 0 Å². The van der Waals surface area contributed by atoms with E-state index in [1.807, 2.05) is 31.2 Å². The van der Waals surface area contributed by atoms with Crippen molar-refractivity contribution in [2.24, 2.45) is 0 Å². The number of hydrogen-bond acceptors (Lipinski definition) is 5. The Labute approximate surface area is 122 Å². The minimum absolute atomic E-state index is 0.0178. The summed E-state index contributed by atoms with van der Waals surface area (Å²) in [5, 5.41) is 12.7. The SMILES string of the molecule is COc1ccccc1CC(=O)NCCc1nnc(C)s1. The molecule has 0 fully saturated rings. The average molecular weight is 291 g/mol. The molecule has 2 rings (SSSR count). The second-order valence-electron chi connectivity index (χ2n) is 4.30. The number of amides is 1. The highest BCUT2D eigenvalue weighted by atomic mass is 32.1. The van der Waals surface area contributed by atoms with E-state index in [1.165, 1.54) is 0 Å². The first-order valence-electron chi connectivity index (χ1n) is 6.36. The van der Waals surface area contributed by atoms with E-state index in [0.717, 1.165) is 21.3 Å². The maximum atomic E-state index is 11.9. The molecule has 0 radical (unpaired) electrons. The highest BCUT2D eigenvalue weighted by molar-refractivity contribution is 7.11. The smallest absolute Gasteiger partial charge is 0.224 e. The third-order valence-corrected chi connectivity index (χ3v) is 3.67. The van der Waals surface area contributed by atoms with Crippen LogP contribution in [0.5, 0.6) is 5.75 Å². The molecule has 1 N–H and O–H groups in total. The number of nitrogens with zero attached hydrogens (tertiary/aromatic N) is 2. The Hall–Kier alpha value is -1.95. The fourth-order valence-electron chi connectivity index (χ4n) is 1.83. The van der Waals surface area contributed by atoms with E-state index < -0.39 is 0 Å². The lowest BCUT2D eigenvalue weighted by Crippen LogP contribution is -2.27. The van der Waals surface area contributed by atoms with Crippen molar-refractivity contribution < 1.29 is 9.53 Å². The molecule has 0 spiro atoms. The van der Waals surface area contributed by atoms with Crippen molar-refractivity contribution in [1.82, 2.24) is 15.5 Å². The van der Waals surface area contributed by atoms with Crippen LogP contribution in [0.2, 0.25) is 0 Å². The summed E-state index contributed by atoms with van der Waals surface area (Å²) in [4.78, 5) is 11.9. The quantitative estimate of drug-likeness (QED) is 0.881. The molecule has 1 aromatic heterocycles. The van der Waals surface area contributed by atoms with Crippen LogP contribution in [0.15, 0.2) is 24.3 Å². The number of carbonyl (C=O) groups is 1. The van der Waals surface area contributed by atoms with E-state index >= 15 is 0 Å². The summed E-state index contributed by atoms with van der Waals surface area (Å²) in [6.45, 7) is 2.49. The van der Waals surface area contributed by atoms with E-state index in [4.69, 9.17) is 4.74 Å². The third-order valence-electron chi connectivity index (χ3n) is 2.77. The molecule has 106 valence electrons. The van der Waals surface area contributed by atoms with Crippen molar-refractivity contribution in [3.63, 3.8) is 0 Å². The van der Waals surface area contributed by atoms with E-state index in [9.17, 15) is 4.79 Å². The first kappa shape index (κ1) is 14.5. The summed E-state index contributed by atoms with van der Waals surface area (Å²) >= 11 is 1.56. The van der Waals surface area contributed by atoms with Gasteiger partial charge in [-0.25, -0.2) is 0 Å². The summed E-state index contributed by atoms with van der Waals surface area (Å²) in [5.41, 5.74) is 0.888. The van der Waals surface area contributed by atoms with Crippen molar-refractivity contribution in [2.75, 3.05) is 13.7 Å². The zero-order chi connectivity index (χ0) is 14.4. The standard InChI is InChI=1S/C14H17N3O2S/c1-10-16-17-14(20-10)7-8-15-13(18)9-11-5-3-4-6-12(11)19-2/h3-6H,7-9H2,1-2H3,(H,15,18). The summed E-state index contributed by atoms with van der Waals surface area (Å²) < 4.78 is 5.23. The van der Waals surface area contributed by atoms with Crippen LogP contribution in [0.25, 0.3) is 0 Å². The molecule has 0 aliphatic rings. The minimum atomic E-state index is -0.0178. The molecule has 1 amide bonds. The molecule has 0 aliphatic carbocycles. The molecular weight excluding hydrogens is 274 g/mol. The van der Waals surface area contributed by atoms with Crippen LogP contribution < -0.4 is 10.1 Å². The molecule has 0 unspecified atom stereocenters. The van der Waals surface area contributed by atoms with Gasteiger partial charge in [0.2, 0.25) is 5.91 Å². The van der Waals surface area contributed by atoms with Gasteiger partial charge in [-0.05, 0) is 13.0 Å². The Morgan fingerprint density at radius 3 is 2.85 bits per heavy atom. The van der Waals surface area contributed by atoms with Crippen LogP contribution in [0.1, 0.15) is 15.6 Å². The van der Waals surface area contributed by atoms with Gasteiger partial charge >= 0.3 is 0 Å². The van der Waals surface area contributed by atoms with Crippen molar-refractivity contribution in [3.8, 4) is 5.75 Å². The number of hydrogen-bond donors (Lipinski definition) is 1. The number of methoxy groups -OCH3 is 1. The number of rotatable bonds is 6. The van der Waals surface area contributed by atoms with Crippen LogP contribution in [-0.4, -0.2) is 29.8 Å². The Bertz CT molecular complexity index is 583. The normalized spacial score (nSPS) is 10.3. The molecule has 0 bridgehead atoms. The molecule has 6 heteroatoms. The fraction of sp³-hybridized carbons (Fsp3) is 0.357. The highest BCUT2D eigenvalue weighted by Gasteiger charge is 2.08. The lowest BCUT2D eigenvalue weighted by Gasteiger charge is -2.08. The van der Waals surface area contributed by atoms with Gasteiger partial charge < -0.3 is 10.1 Å². The van der Waals surface area contributed by atoms with Gasteiger partial charge in [-0.15, -0.1) is 21.5 Å². The molecule has 0 atom stereocenters. The number of ether oxygens (including phenoxy) is 1. The Balaban J connectivity index is 1.80. The zero-order valence-corrected chi connectivity index (χ0v) is 12.4. The second-order valence-corrected chi connectivity index (χ2v) is 5.57. The molecular formula is C14H17N3O2S. The van der Waals surface area contributed by atoms with Gasteiger partial charge in [0.1, 0.15) is 15.8 Å². The second kappa shape index (κ2) is 7.00. The summed E-state index contributed by atoms with van der Waals surface area (Å²) in [6.07, 6.45) is 1.03. The van der Waals surface area contributed by atoms with Gasteiger partial charge in [0, 0.05) is 18.5 Å². The van der Waals surface area contributed by atoms with E-state index in [0.29, 0.717) is 19.4 Å². The number of para-hydroxylation sites is 1. The first-order valence-corrected chi connectivity index (χ1v) is 7.18. The Morgan fingerprint density at radius 2 is 2.15 bits per heavy atom. The van der Waals surface area contributed by atoms with Gasteiger partial charge in [-0.1, -0.05) is 18.2 Å². The summed E-state index contributed by atoms with van der Waals surface area (Å²) in [6, 6.07) is 7.53. The topological polar surface area (TPSA) is 64.1 Å². The summed E-state index contributed by atoms with van der Waals surface area (Å²) in [5.74, 6) is 0.720. The van der Waals surface area contributed by atoms with Gasteiger partial charge in [0.05, 0.1) is 13.5 Å². The average Bonchev–Trinajstić information content (AvgIpc) is 2.85. The van der Waals surface area contributed by atoms with Crippen LogP contribution >= 0.6 is 11.3 Å². The predicted molar refractivity (Wildman–Crippen MR) is 78.1 cm³/mol. The van der Waals surface area contributed by atoms with E-state index in [-0.39, 0.29) is 5.91 Å². The lowest BCUT2D eigenvalue weighted by atomic mass is 10.1. The number of benzene rings is 1. The van der Waals surface area contributed by atoms with Crippen LogP contribution in [-0.2, 0) is 17.6 Å². The predicted octanol–water partition coefficient (Wildman–Crippen LogP) is 1.76. The van der Waals surface area contributed by atoms with Crippen molar-refractivity contribution >= 4 is 17.2 Å². The maximum absolute atomic E-state index is 11.9. The van der Waals surface area contributed by atoms with Crippen molar-refractivity contribution in [3.05, 3.63) is 39.8 Å². The highest BCUT2D eigenvalue weighted by Crippen LogP contribution is 2.17. The maximum Gasteiger partial charge on any atom is 0.224 e. The molecule has 0 aliphatic heterocycles.